The van der Waals surface area contributed by atoms with Crippen LogP contribution in [0.3, 0.4) is 0 Å². The maximum atomic E-state index is 11.3. The molecule has 4 nitrogen and oxygen atoms in total. The van der Waals surface area contributed by atoms with Gasteiger partial charge in [-0.15, -0.1) is 0 Å². The molecule has 2 N–H and O–H groups in total. The van der Waals surface area contributed by atoms with Crippen molar-refractivity contribution in [3.63, 3.8) is 0 Å². The number of carboxylic acids is 2. The summed E-state index contributed by atoms with van der Waals surface area (Å²) in [5.74, 6) is -2.82. The summed E-state index contributed by atoms with van der Waals surface area (Å²) >= 11 is 0. The first-order chi connectivity index (χ1) is 8.39. The summed E-state index contributed by atoms with van der Waals surface area (Å²) in [6.45, 7) is 5.47. The van der Waals surface area contributed by atoms with Crippen LogP contribution in [0.2, 0.25) is 0 Å². The SMILES string of the molecule is CCCCCCCCC(C(=O)O)(C(=O)O)C(C)C.[H-].[H-].[Mg+2]. The van der Waals surface area contributed by atoms with Crippen molar-refractivity contribution >= 4 is 35.0 Å². The third-order valence-corrected chi connectivity index (χ3v) is 3.67. The van der Waals surface area contributed by atoms with Crippen molar-refractivity contribution in [2.75, 3.05) is 0 Å². The van der Waals surface area contributed by atoms with Crippen LogP contribution in [-0.2, 0) is 9.59 Å². The summed E-state index contributed by atoms with van der Waals surface area (Å²) in [6.07, 6.45) is 6.36. The first-order valence-corrected chi connectivity index (χ1v) is 6.86. The smallest absolute Gasteiger partial charge is 1.00 e. The second kappa shape index (κ2) is 10.5. The molecule has 19 heavy (non-hydrogen) atoms. The molecule has 0 saturated carbocycles. The molecule has 0 heterocycles. The van der Waals surface area contributed by atoms with Gasteiger partial charge in [0.2, 0.25) is 0 Å². The number of hydrogen-bond donors (Lipinski definition) is 2. The maximum absolute atomic E-state index is 11.3. The van der Waals surface area contributed by atoms with Crippen LogP contribution in [0, 0.1) is 11.3 Å². The van der Waals surface area contributed by atoms with Crippen LogP contribution in [0.25, 0.3) is 0 Å². The predicted octanol–water partition coefficient (Wildman–Crippen LogP) is 3.39. The Morgan fingerprint density at radius 3 is 1.79 bits per heavy atom. The summed E-state index contributed by atoms with van der Waals surface area (Å²) in [6, 6.07) is 0. The largest absolute Gasteiger partial charge is 2.00 e. The van der Waals surface area contributed by atoms with E-state index < -0.39 is 23.3 Å². The number of aliphatic carboxylic acids is 2. The van der Waals surface area contributed by atoms with E-state index in [0.717, 1.165) is 19.3 Å². The molecule has 0 atom stereocenters. The molecule has 5 heteroatoms. The molecule has 0 unspecified atom stereocenters. The molecule has 0 amide bonds. The average Bonchev–Trinajstić information content (AvgIpc) is 2.26. The van der Waals surface area contributed by atoms with Crippen LogP contribution in [0.15, 0.2) is 0 Å². The summed E-state index contributed by atoms with van der Waals surface area (Å²) in [4.78, 5) is 22.6. The van der Waals surface area contributed by atoms with Gasteiger partial charge in [0.15, 0.2) is 5.41 Å². The molecule has 0 fully saturated rings. The van der Waals surface area contributed by atoms with Gasteiger partial charge in [0.1, 0.15) is 0 Å². The first-order valence-electron chi connectivity index (χ1n) is 6.86. The first kappa shape index (κ1) is 21.0. The van der Waals surface area contributed by atoms with Crippen molar-refractivity contribution in [2.45, 2.75) is 65.7 Å². The number of rotatable bonds is 10. The molecule has 0 aromatic rings. The van der Waals surface area contributed by atoms with Crippen molar-refractivity contribution in [2.24, 2.45) is 11.3 Å². The Labute approximate surface area is 135 Å². The molecule has 0 saturated heterocycles. The van der Waals surface area contributed by atoms with Crippen LogP contribution < -0.4 is 0 Å². The van der Waals surface area contributed by atoms with Gasteiger partial charge in [-0.05, 0) is 12.3 Å². The Morgan fingerprint density at radius 2 is 1.42 bits per heavy atom. The number of hydrogen-bond acceptors (Lipinski definition) is 2. The minimum atomic E-state index is -1.62. The standard InChI is InChI=1S/C14H26O4.Mg.2H/c1-4-5-6-7-8-9-10-14(11(2)3,12(15)16)13(17)18;;;/h11H,4-10H2,1-3H3,(H,15,16)(H,17,18);;;/q;+2;2*-1. The summed E-state index contributed by atoms with van der Waals surface area (Å²) in [5, 5.41) is 18.4. The Bertz CT molecular complexity index is 272. The molecule has 0 aromatic carbocycles. The van der Waals surface area contributed by atoms with Crippen molar-refractivity contribution in [3.05, 3.63) is 0 Å². The monoisotopic (exact) mass is 284 g/mol. The molecular formula is C14H28MgO4. The number of carboxylic acid groups (broad SMARTS) is 2. The van der Waals surface area contributed by atoms with Gasteiger partial charge in [-0.25, -0.2) is 0 Å². The zero-order valence-corrected chi connectivity index (χ0v) is 13.9. The second-order valence-corrected chi connectivity index (χ2v) is 5.25. The molecule has 0 radical (unpaired) electrons. The fourth-order valence-corrected chi connectivity index (χ4v) is 2.27. The van der Waals surface area contributed by atoms with E-state index in [-0.39, 0.29) is 32.3 Å². The van der Waals surface area contributed by atoms with Gasteiger partial charge in [0.25, 0.3) is 0 Å². The van der Waals surface area contributed by atoms with Crippen molar-refractivity contribution in [1.82, 2.24) is 0 Å². The van der Waals surface area contributed by atoms with E-state index >= 15 is 0 Å². The van der Waals surface area contributed by atoms with Gasteiger partial charge in [0, 0.05) is 0 Å². The molecular weight excluding hydrogens is 256 g/mol. The number of carbonyl (C=O) groups is 2. The molecule has 0 bridgehead atoms. The Hall–Kier alpha value is -0.294. The molecule has 0 aromatic heterocycles. The molecule has 0 aliphatic heterocycles. The van der Waals surface area contributed by atoms with Crippen molar-refractivity contribution in [3.8, 4) is 0 Å². The average molecular weight is 285 g/mol. The zero-order chi connectivity index (χ0) is 14.2. The normalized spacial score (nSPS) is 11.2. The zero-order valence-electron chi connectivity index (χ0n) is 14.4. The van der Waals surface area contributed by atoms with E-state index in [2.05, 4.69) is 6.92 Å². The van der Waals surface area contributed by atoms with Crippen LogP contribution in [0.1, 0.15) is 68.6 Å². The fourth-order valence-electron chi connectivity index (χ4n) is 2.27. The Balaban J connectivity index is -0.000000482. The van der Waals surface area contributed by atoms with E-state index in [1.807, 2.05) is 0 Å². The van der Waals surface area contributed by atoms with Crippen molar-refractivity contribution < 1.29 is 22.7 Å². The van der Waals surface area contributed by atoms with E-state index in [1.54, 1.807) is 13.8 Å². The van der Waals surface area contributed by atoms with E-state index in [4.69, 9.17) is 0 Å². The minimum absolute atomic E-state index is 0. The second-order valence-electron chi connectivity index (χ2n) is 5.25. The van der Waals surface area contributed by atoms with Gasteiger partial charge >= 0.3 is 35.0 Å². The Kier molecular flexibility index (Phi) is 11.6. The quantitative estimate of drug-likeness (QED) is 0.366. The van der Waals surface area contributed by atoms with Crippen LogP contribution >= 0.6 is 0 Å². The predicted molar refractivity (Wildman–Crippen MR) is 78.5 cm³/mol. The Morgan fingerprint density at radius 1 is 1.00 bits per heavy atom. The molecule has 0 aliphatic carbocycles. The molecule has 0 rings (SSSR count). The van der Waals surface area contributed by atoms with Gasteiger partial charge in [-0.2, -0.15) is 0 Å². The number of unbranched alkanes of at least 4 members (excludes halogenated alkanes) is 5. The van der Waals surface area contributed by atoms with E-state index in [1.165, 1.54) is 12.8 Å². The molecule has 0 spiro atoms. The van der Waals surface area contributed by atoms with E-state index in [0.29, 0.717) is 6.42 Å². The summed E-state index contributed by atoms with van der Waals surface area (Å²) in [7, 11) is 0. The fraction of sp³-hybridized carbons (Fsp3) is 0.857. The minimum Gasteiger partial charge on any atom is -1.00 e. The third-order valence-electron chi connectivity index (χ3n) is 3.67. The van der Waals surface area contributed by atoms with Gasteiger partial charge in [0.05, 0.1) is 0 Å². The van der Waals surface area contributed by atoms with Gasteiger partial charge in [-0.3, -0.25) is 9.59 Å². The third kappa shape index (κ3) is 6.12. The topological polar surface area (TPSA) is 74.6 Å². The maximum Gasteiger partial charge on any atom is 2.00 e. The van der Waals surface area contributed by atoms with Gasteiger partial charge in [-0.1, -0.05) is 59.3 Å². The van der Waals surface area contributed by atoms with Crippen molar-refractivity contribution in [1.29, 1.82) is 0 Å². The van der Waals surface area contributed by atoms with Crippen LogP contribution in [0.4, 0.5) is 0 Å². The van der Waals surface area contributed by atoms with E-state index in [9.17, 15) is 19.8 Å². The molecule has 0 aliphatic rings. The summed E-state index contributed by atoms with van der Waals surface area (Å²) < 4.78 is 0. The molecule has 110 valence electrons. The van der Waals surface area contributed by atoms with Gasteiger partial charge < -0.3 is 13.1 Å². The van der Waals surface area contributed by atoms with Crippen LogP contribution in [0.5, 0.6) is 0 Å². The summed E-state index contributed by atoms with van der Waals surface area (Å²) in [5.41, 5.74) is -1.62. The van der Waals surface area contributed by atoms with Crippen LogP contribution in [-0.4, -0.2) is 45.2 Å².